The van der Waals surface area contributed by atoms with Crippen molar-refractivity contribution >= 4 is 34.2 Å². The number of nitrogens with two attached hydrogens (primary N) is 1. The summed E-state index contributed by atoms with van der Waals surface area (Å²) in [6.45, 7) is 6.91. The molecule has 3 N–H and O–H groups in total. The second-order valence-corrected chi connectivity index (χ2v) is 9.56. The van der Waals surface area contributed by atoms with Crippen LogP contribution in [-0.2, 0) is 11.8 Å². The topological polar surface area (TPSA) is 108 Å². The van der Waals surface area contributed by atoms with E-state index in [2.05, 4.69) is 10.3 Å². The Kier molecular flexibility index (Phi) is 6.18. The zero-order valence-electron chi connectivity index (χ0n) is 30.2. The van der Waals surface area contributed by atoms with Crippen LogP contribution in [0.1, 0.15) is 43.1 Å². The number of hydrogen-bond donors (Lipinski definition) is 2. The molecular weight excluding hydrogens is 468 g/mol. The van der Waals surface area contributed by atoms with Crippen LogP contribution >= 0.6 is 0 Å². The maximum Gasteiger partial charge on any atom is 0.342 e. The van der Waals surface area contributed by atoms with Crippen LogP contribution in [0.4, 0.5) is 17.3 Å². The van der Waals surface area contributed by atoms with Crippen LogP contribution in [0.3, 0.4) is 0 Å². The molecule has 0 saturated carbocycles. The van der Waals surface area contributed by atoms with Gasteiger partial charge in [0.15, 0.2) is 0 Å². The summed E-state index contributed by atoms with van der Waals surface area (Å²) in [6, 6.07) is 11.7. The number of anilines is 3. The van der Waals surface area contributed by atoms with Crippen LogP contribution in [-0.4, -0.2) is 58.8 Å². The third kappa shape index (κ3) is 5.83. The van der Waals surface area contributed by atoms with E-state index in [4.69, 9.17) is 32.1 Å². The van der Waals surface area contributed by atoms with Gasteiger partial charge in [-0.05, 0) is 58.6 Å². The summed E-state index contributed by atoms with van der Waals surface area (Å²) < 4.78 is 53.4. The highest BCUT2D eigenvalue weighted by molar-refractivity contribution is 6.03. The van der Waals surface area contributed by atoms with E-state index in [1.54, 1.807) is 0 Å². The summed E-state index contributed by atoms with van der Waals surface area (Å²) in [5.74, 6) is 0.506. The van der Waals surface area contributed by atoms with Crippen molar-refractivity contribution in [3.8, 4) is 17.0 Å². The molecular formula is C28H44N6O3. The Labute approximate surface area is 231 Å². The summed E-state index contributed by atoms with van der Waals surface area (Å²) in [5, 5.41) is 4.24. The minimum atomic E-state index is -0.468. The number of carbonyl (C=O) groups is 1. The van der Waals surface area contributed by atoms with Crippen molar-refractivity contribution < 1.29 is 27.6 Å². The van der Waals surface area contributed by atoms with Gasteiger partial charge in [0.1, 0.15) is 17.9 Å². The number of nitrogen functional groups attached to an aromatic ring is 1. The molecule has 2 aromatic heterocycles. The normalized spacial score (nSPS) is 12.2. The van der Waals surface area contributed by atoms with Gasteiger partial charge < -0.3 is 30.0 Å². The Hall–Kier alpha value is -4.11. The van der Waals surface area contributed by atoms with Crippen molar-refractivity contribution in [3.63, 3.8) is 0 Å². The van der Waals surface area contributed by atoms with Gasteiger partial charge in [-0.2, -0.15) is 0 Å². The lowest BCUT2D eigenvalue weighted by molar-refractivity contribution is 0.0378. The first-order chi connectivity index (χ1) is 21.6. The van der Waals surface area contributed by atoms with Crippen molar-refractivity contribution in [1.29, 1.82) is 0 Å². The van der Waals surface area contributed by atoms with Crippen molar-refractivity contribution in [2.75, 3.05) is 38.3 Å². The molecule has 0 unspecified atom stereocenters. The Morgan fingerprint density at radius 2 is 2.03 bits per heavy atom. The molecule has 0 aliphatic rings. The number of aryl methyl sites for hydroxylation is 2. The third-order valence-corrected chi connectivity index (χ3v) is 5.90. The van der Waals surface area contributed by atoms with E-state index in [0.29, 0.717) is 35.2 Å². The molecule has 2 heterocycles. The van der Waals surface area contributed by atoms with Crippen LogP contribution in [0.25, 0.3) is 22.2 Å². The average Bonchev–Trinajstić information content (AvgIpc) is 3.39. The lowest BCUT2D eigenvalue weighted by Gasteiger charge is -2.16. The minimum Gasteiger partial charge on any atom is -0.490 e. The first-order valence-electron chi connectivity index (χ1n) is 16.2. The zero-order valence-corrected chi connectivity index (χ0v) is 22.2. The quantitative estimate of drug-likeness (QED) is 0.200. The van der Waals surface area contributed by atoms with Gasteiger partial charge in [-0.15, -0.1) is 0 Å². The van der Waals surface area contributed by atoms with Gasteiger partial charge in [0.2, 0.25) is 5.95 Å². The zero-order chi connectivity index (χ0) is 34.7. The van der Waals surface area contributed by atoms with Gasteiger partial charge in [-0.3, -0.25) is 0 Å². The van der Waals surface area contributed by atoms with Gasteiger partial charge in [-0.1, -0.05) is 18.2 Å². The molecule has 0 fully saturated rings. The fourth-order valence-electron chi connectivity index (χ4n) is 4.02. The molecule has 4 rings (SSSR count). The predicted octanol–water partition coefficient (Wildman–Crippen LogP) is 6.01. The molecule has 0 atom stereocenters. The van der Waals surface area contributed by atoms with E-state index in [1.807, 2.05) is 94.0 Å². The highest BCUT2D eigenvalue weighted by Gasteiger charge is 2.22. The van der Waals surface area contributed by atoms with Crippen LogP contribution in [0, 0.1) is 6.92 Å². The van der Waals surface area contributed by atoms with Gasteiger partial charge in [-0.25, -0.2) is 14.8 Å². The summed E-state index contributed by atoms with van der Waals surface area (Å²) in [7, 11) is 5.95. The van der Waals surface area contributed by atoms with E-state index in [0.717, 1.165) is 34.3 Å². The van der Waals surface area contributed by atoms with Crippen LogP contribution < -0.4 is 15.8 Å². The summed E-state index contributed by atoms with van der Waals surface area (Å²) >= 11 is 0. The monoisotopic (exact) mass is 530 g/mol. The standard InChI is InChI=1S/C28H34N6O3.5H2/c1-17(2)37-27(35)20-15-30-28(32-26(20)21-16-34(6)24-10-8-7-9-19(21)24)31-23-14-22(29)25(13-18(23)3)36-12-11-33(4)5;;;;;/h7-10,13-17H,11-12,29H2,1-6H3,(H,30,31,32);5*1H/i;4*1+2T;1+2. The lowest BCUT2D eigenvalue weighted by atomic mass is 10.1. The molecule has 0 saturated heterocycles. The number of hydrogen-bond acceptors (Lipinski definition) is 8. The number of benzene rings is 2. The fourth-order valence-corrected chi connectivity index (χ4v) is 4.02. The van der Waals surface area contributed by atoms with Crippen LogP contribution in [0.15, 0.2) is 48.8 Å². The Bertz CT molecular complexity index is 1460. The number of rotatable bonds is 9. The predicted molar refractivity (Wildman–Crippen MR) is 158 cm³/mol. The summed E-state index contributed by atoms with van der Waals surface area (Å²) in [4.78, 5) is 24.2. The minimum absolute atomic E-state index is 0. The number of para-hydroxylation sites is 1. The molecule has 0 radical (unpaired) electrons. The highest BCUT2D eigenvalue weighted by atomic mass is 16.5. The maximum atomic E-state index is 13.0. The molecule has 0 amide bonds. The smallest absolute Gasteiger partial charge is 0.342 e. The van der Waals surface area contributed by atoms with Crippen molar-refractivity contribution in [2.45, 2.75) is 26.9 Å². The van der Waals surface area contributed by atoms with Gasteiger partial charge in [0.25, 0.3) is 0 Å². The molecule has 0 spiro atoms. The van der Waals surface area contributed by atoms with Crippen LogP contribution in [0.2, 0.25) is 0 Å². The number of ether oxygens (including phenoxy) is 2. The molecule has 204 valence electrons. The van der Waals surface area contributed by atoms with Gasteiger partial charge >= 0.3 is 5.97 Å². The SMILES string of the molecule is Cc1cc(OCCN(C)C)c(N)cc1Nc1ncc(C(=O)OC(C)C)c(-c2cn(C)c3ccccc23)n1.[3HH].[3H][3H].[3H][3H].[3H][3H].[3H][3H]. The number of carbonyl (C=O) groups excluding carboxylic acids is 1. The Morgan fingerprint density at radius 3 is 2.76 bits per heavy atom. The first-order valence-corrected chi connectivity index (χ1v) is 12.2. The molecule has 37 heavy (non-hydrogen) atoms. The first kappa shape index (κ1) is 21.0. The van der Waals surface area contributed by atoms with E-state index < -0.39 is 5.97 Å². The van der Waals surface area contributed by atoms with Gasteiger partial charge in [0, 0.05) is 61.4 Å². The van der Waals surface area contributed by atoms with Crippen molar-refractivity contribution in [2.24, 2.45) is 7.05 Å². The number of esters is 1. The largest absolute Gasteiger partial charge is 0.490 e. The summed E-state index contributed by atoms with van der Waals surface area (Å²) in [5.41, 5.74) is 11.1. The number of fused-ring (bicyclic) bond motifs is 1. The molecule has 0 aliphatic carbocycles. The Balaban J connectivity index is 0. The summed E-state index contributed by atoms with van der Waals surface area (Å²) in [6.07, 6.45) is 3.20. The highest BCUT2D eigenvalue weighted by Crippen LogP contribution is 2.34. The van der Waals surface area contributed by atoms with E-state index in [9.17, 15) is 4.79 Å². The van der Waals surface area contributed by atoms with E-state index >= 15 is 0 Å². The fraction of sp³-hybridized carbons (Fsp3) is 0.321. The van der Waals surface area contributed by atoms with E-state index in [1.165, 1.54) is 6.20 Å². The second kappa shape index (κ2) is 10.9. The number of likely N-dealkylation sites (N-methyl/N-ethyl adjacent to an activating group) is 1. The van der Waals surface area contributed by atoms with Gasteiger partial charge in [0.05, 0.1) is 17.5 Å². The molecule has 0 aliphatic heterocycles. The number of aromatic nitrogens is 3. The average molecular weight is 531 g/mol. The second-order valence-electron chi connectivity index (χ2n) is 9.56. The molecule has 9 heteroatoms. The number of nitrogens with zero attached hydrogens (tertiary/aromatic N) is 4. The third-order valence-electron chi connectivity index (χ3n) is 5.90. The van der Waals surface area contributed by atoms with E-state index in [-0.39, 0.29) is 7.53 Å². The molecule has 4 aromatic rings. The molecule has 9 nitrogen and oxygen atoms in total. The molecule has 2 aromatic carbocycles. The number of nitrogens with one attached hydrogen (secondary N) is 1. The van der Waals surface area contributed by atoms with Crippen molar-refractivity contribution in [1.82, 2.24) is 19.4 Å². The van der Waals surface area contributed by atoms with Crippen molar-refractivity contribution in [3.05, 3.63) is 59.9 Å². The lowest BCUT2D eigenvalue weighted by Crippen LogP contribution is -2.19. The maximum absolute atomic E-state index is 13.0. The Morgan fingerprint density at radius 1 is 1.27 bits per heavy atom. The van der Waals surface area contributed by atoms with Crippen LogP contribution in [0.5, 0.6) is 5.75 Å². The molecule has 0 bridgehead atoms.